The van der Waals surface area contributed by atoms with Gasteiger partial charge in [0.2, 0.25) is 0 Å². The fourth-order valence-corrected chi connectivity index (χ4v) is 0.593. The molecule has 1 atom stereocenters. The number of hydrogen-bond donors (Lipinski definition) is 1. The van der Waals surface area contributed by atoms with E-state index in [1.807, 2.05) is 0 Å². The van der Waals surface area contributed by atoms with Gasteiger partial charge in [-0.3, -0.25) is 4.79 Å². The molecule has 0 saturated heterocycles. The number of carbonyl (C=O) groups excluding carboxylic acids is 1. The van der Waals surface area contributed by atoms with Crippen molar-refractivity contribution in [2.45, 2.75) is 12.5 Å². The molecular weight excluding hydrogens is 154 g/mol. The molecule has 0 rings (SSSR count). The van der Waals surface area contributed by atoms with E-state index in [2.05, 4.69) is 15.5 Å². The zero-order valence-electron chi connectivity index (χ0n) is 5.56. The lowest BCUT2D eigenvalue weighted by Gasteiger charge is -2.06. The van der Waals surface area contributed by atoms with Crippen LogP contribution in [0.3, 0.4) is 0 Å². The van der Waals surface area contributed by atoms with E-state index in [9.17, 15) is 4.79 Å². The summed E-state index contributed by atoms with van der Waals surface area (Å²) in [5.74, 6) is 1.84. The highest BCUT2D eigenvalue weighted by atomic mass is 35.5. The number of esters is 1. The molecule has 3 nitrogen and oxygen atoms in total. The van der Waals surface area contributed by atoms with Gasteiger partial charge in [-0.2, -0.15) is 0 Å². The molecule has 10 heavy (non-hydrogen) atoms. The number of halogens is 1. The van der Waals surface area contributed by atoms with Crippen LogP contribution in [0.15, 0.2) is 0 Å². The van der Waals surface area contributed by atoms with E-state index in [1.165, 1.54) is 7.11 Å². The Morgan fingerprint density at radius 3 is 2.90 bits per heavy atom. The van der Waals surface area contributed by atoms with E-state index in [1.54, 1.807) is 0 Å². The summed E-state index contributed by atoms with van der Waals surface area (Å²) < 4.78 is 4.37. The van der Waals surface area contributed by atoms with Crippen molar-refractivity contribution in [3.63, 3.8) is 0 Å². The van der Waals surface area contributed by atoms with Crippen molar-refractivity contribution in [3.8, 4) is 12.3 Å². The van der Waals surface area contributed by atoms with Crippen molar-refractivity contribution in [1.82, 2.24) is 4.84 Å². The summed E-state index contributed by atoms with van der Waals surface area (Å²) in [6.07, 6.45) is 5.17. The average Bonchev–Trinajstić information content (AvgIpc) is 1.99. The first-order valence-corrected chi connectivity index (χ1v) is 3.01. The van der Waals surface area contributed by atoms with Gasteiger partial charge in [-0.15, -0.1) is 12.3 Å². The minimum Gasteiger partial charge on any atom is -0.468 e. The van der Waals surface area contributed by atoms with Crippen LogP contribution in [0.1, 0.15) is 6.42 Å². The van der Waals surface area contributed by atoms with Crippen molar-refractivity contribution in [3.05, 3.63) is 0 Å². The Labute approximate surface area is 64.8 Å². The Balaban J connectivity index is 3.83. The molecule has 0 aromatic carbocycles. The van der Waals surface area contributed by atoms with Crippen LogP contribution < -0.4 is 4.84 Å². The Bertz CT molecular complexity index is 152. The highest BCUT2D eigenvalue weighted by Gasteiger charge is 2.15. The molecule has 0 aliphatic carbocycles. The number of ether oxygens (including phenoxy) is 1. The van der Waals surface area contributed by atoms with E-state index >= 15 is 0 Å². The van der Waals surface area contributed by atoms with Gasteiger partial charge in [0.05, 0.1) is 7.11 Å². The van der Waals surface area contributed by atoms with Gasteiger partial charge >= 0.3 is 5.97 Å². The smallest absolute Gasteiger partial charge is 0.325 e. The fraction of sp³-hybridized carbons (Fsp3) is 0.500. The van der Waals surface area contributed by atoms with Crippen LogP contribution in [-0.2, 0) is 9.53 Å². The molecule has 0 aromatic rings. The number of nitrogens with one attached hydrogen (secondary N) is 1. The van der Waals surface area contributed by atoms with Gasteiger partial charge in [-0.25, -0.2) is 4.84 Å². The van der Waals surface area contributed by atoms with Crippen LogP contribution in [0.5, 0.6) is 0 Å². The minimum absolute atomic E-state index is 0.232. The molecule has 0 saturated carbocycles. The summed E-state index contributed by atoms with van der Waals surface area (Å²) in [4.78, 5) is 12.9. The van der Waals surface area contributed by atoms with Crippen LogP contribution in [0.25, 0.3) is 0 Å². The summed E-state index contributed by atoms with van der Waals surface area (Å²) >= 11 is 5.17. The number of terminal acetylenes is 1. The maximum atomic E-state index is 10.7. The molecule has 0 spiro atoms. The van der Waals surface area contributed by atoms with Crippen molar-refractivity contribution in [2.24, 2.45) is 0 Å². The summed E-state index contributed by atoms with van der Waals surface area (Å²) in [6, 6.07) is -0.600. The SMILES string of the molecule is C#CCC(NCl)C(=O)OC. The second-order valence-electron chi connectivity index (χ2n) is 1.59. The molecule has 0 aromatic heterocycles. The molecule has 0 radical (unpaired) electrons. The normalized spacial score (nSPS) is 11.7. The van der Waals surface area contributed by atoms with Crippen LogP contribution >= 0.6 is 11.8 Å². The van der Waals surface area contributed by atoms with Gasteiger partial charge in [0.25, 0.3) is 0 Å². The van der Waals surface area contributed by atoms with E-state index in [0.717, 1.165) is 0 Å². The number of methoxy groups -OCH3 is 1. The maximum Gasteiger partial charge on any atom is 0.325 e. The van der Waals surface area contributed by atoms with E-state index in [-0.39, 0.29) is 6.42 Å². The van der Waals surface area contributed by atoms with Crippen molar-refractivity contribution < 1.29 is 9.53 Å². The Morgan fingerprint density at radius 2 is 2.60 bits per heavy atom. The first kappa shape index (κ1) is 9.28. The zero-order chi connectivity index (χ0) is 7.98. The molecule has 0 aliphatic heterocycles. The van der Waals surface area contributed by atoms with Crippen molar-refractivity contribution in [2.75, 3.05) is 7.11 Å². The van der Waals surface area contributed by atoms with Gasteiger partial charge in [0.15, 0.2) is 0 Å². The van der Waals surface area contributed by atoms with E-state index < -0.39 is 12.0 Å². The van der Waals surface area contributed by atoms with Crippen molar-refractivity contribution >= 4 is 17.7 Å². The largest absolute Gasteiger partial charge is 0.468 e. The standard InChI is InChI=1S/C6H8ClNO2/c1-3-4-5(8-7)6(9)10-2/h1,5,8H,4H2,2H3. The maximum absolute atomic E-state index is 10.7. The molecule has 0 heterocycles. The molecular formula is C6H8ClNO2. The second kappa shape index (κ2) is 5.10. The number of hydrogen-bond acceptors (Lipinski definition) is 3. The van der Waals surface area contributed by atoms with Crippen LogP contribution in [-0.4, -0.2) is 19.1 Å². The van der Waals surface area contributed by atoms with E-state index in [4.69, 9.17) is 18.2 Å². The van der Waals surface area contributed by atoms with Crippen LogP contribution in [0.4, 0.5) is 0 Å². The monoisotopic (exact) mass is 161 g/mol. The van der Waals surface area contributed by atoms with Gasteiger partial charge in [0, 0.05) is 6.42 Å². The molecule has 56 valence electrons. The highest BCUT2D eigenvalue weighted by Crippen LogP contribution is 1.93. The summed E-state index contributed by atoms with van der Waals surface area (Å²) in [5.41, 5.74) is 0. The Morgan fingerprint density at radius 1 is 2.00 bits per heavy atom. The molecule has 1 unspecified atom stereocenters. The number of carbonyl (C=O) groups is 1. The lowest BCUT2D eigenvalue weighted by molar-refractivity contribution is -0.142. The first-order valence-electron chi connectivity index (χ1n) is 2.63. The van der Waals surface area contributed by atoms with E-state index in [0.29, 0.717) is 0 Å². The quantitative estimate of drug-likeness (QED) is 0.368. The third-order valence-corrected chi connectivity index (χ3v) is 1.20. The second-order valence-corrected chi connectivity index (χ2v) is 1.81. The molecule has 0 aliphatic rings. The fourth-order valence-electron chi connectivity index (χ4n) is 0.427. The summed E-state index contributed by atoms with van der Waals surface area (Å²) in [6.45, 7) is 0. The first-order chi connectivity index (χ1) is 4.76. The van der Waals surface area contributed by atoms with Gasteiger partial charge in [-0.05, 0) is 11.8 Å². The lowest BCUT2D eigenvalue weighted by atomic mass is 10.2. The van der Waals surface area contributed by atoms with Crippen LogP contribution in [0.2, 0.25) is 0 Å². The predicted molar refractivity (Wildman–Crippen MR) is 38.2 cm³/mol. The molecule has 1 N–H and O–H groups in total. The predicted octanol–water partition coefficient (Wildman–Crippen LogP) is 0.295. The minimum atomic E-state index is -0.600. The molecule has 0 amide bonds. The summed E-state index contributed by atoms with van der Waals surface area (Å²) in [5, 5.41) is 0. The van der Waals surface area contributed by atoms with Gasteiger partial charge in [-0.1, -0.05) is 0 Å². The third-order valence-electron chi connectivity index (χ3n) is 0.939. The third kappa shape index (κ3) is 2.72. The van der Waals surface area contributed by atoms with Crippen LogP contribution in [0, 0.1) is 12.3 Å². The Kier molecular flexibility index (Phi) is 4.73. The average molecular weight is 162 g/mol. The van der Waals surface area contributed by atoms with Crippen molar-refractivity contribution in [1.29, 1.82) is 0 Å². The van der Waals surface area contributed by atoms with Gasteiger partial charge < -0.3 is 4.74 Å². The molecule has 0 bridgehead atoms. The number of rotatable bonds is 3. The summed E-state index contributed by atoms with van der Waals surface area (Å²) in [7, 11) is 1.28. The molecule has 0 fully saturated rings. The lowest BCUT2D eigenvalue weighted by Crippen LogP contribution is -2.31. The van der Waals surface area contributed by atoms with Gasteiger partial charge in [0.1, 0.15) is 6.04 Å². The zero-order valence-corrected chi connectivity index (χ0v) is 6.31. The topological polar surface area (TPSA) is 38.3 Å². The Hall–Kier alpha value is -0.720. The molecule has 4 heteroatoms. The highest BCUT2D eigenvalue weighted by molar-refractivity contribution is 6.14.